The Kier molecular flexibility index (Phi) is 16.0. The number of rotatable bonds is 6. The summed E-state index contributed by atoms with van der Waals surface area (Å²) < 4.78 is 0. The minimum atomic E-state index is -2.44. The summed E-state index contributed by atoms with van der Waals surface area (Å²) in [6.45, 7) is 0. The van der Waals surface area contributed by atoms with Crippen LogP contribution in [0.3, 0.4) is 0 Å². The molecule has 0 heterocycles. The zero-order valence-corrected chi connectivity index (χ0v) is 20.4. The molecule has 0 aliphatic heterocycles. The average Bonchev–Trinajstić information content (AvgIpc) is 2.67. The molecule has 0 aliphatic rings. The third-order valence-electron chi connectivity index (χ3n) is 3.06. The predicted molar refractivity (Wildman–Crippen MR) is 83.6 cm³/mol. The molecule has 10 heteroatoms. The van der Waals surface area contributed by atoms with Crippen LogP contribution in [-0.4, -0.2) is 45.9 Å². The Morgan fingerprint density at radius 2 is 0.893 bits per heavy atom. The molecule has 0 saturated carbocycles. The van der Waals surface area contributed by atoms with E-state index >= 15 is 0 Å². The van der Waals surface area contributed by atoms with E-state index in [9.17, 15) is 29.4 Å². The molecule has 2 aromatic carbocycles. The number of hydrogen-bond acceptors (Lipinski definition) is 8. The van der Waals surface area contributed by atoms with Crippen molar-refractivity contribution >= 4 is 23.5 Å². The Morgan fingerprint density at radius 3 is 1.11 bits per heavy atom. The van der Waals surface area contributed by atoms with Gasteiger partial charge in [0, 0.05) is 11.1 Å². The van der Waals surface area contributed by atoms with Gasteiger partial charge >= 0.3 is 80.9 Å². The number of carbonyl (C=O) groups is 4. The summed E-state index contributed by atoms with van der Waals surface area (Å²) in [5.41, 5.74) is 0.854. The second-order valence-electron chi connectivity index (χ2n) is 4.92. The topological polar surface area (TPSA) is 155 Å². The first-order valence-electron chi connectivity index (χ1n) is 7.22. The molecule has 0 saturated heterocycles. The number of aliphatic carboxylic acids is 2. The van der Waals surface area contributed by atoms with Crippen molar-refractivity contribution in [2.75, 3.05) is 0 Å². The average molecular weight is 420 g/mol. The Labute approximate surface area is 225 Å². The first-order valence-corrected chi connectivity index (χ1v) is 7.22. The fourth-order valence-corrected chi connectivity index (χ4v) is 1.70. The van der Waals surface area contributed by atoms with Crippen LogP contribution in [0.25, 0.3) is 0 Å². The van der Waals surface area contributed by atoms with Crippen LogP contribution in [0, 0.1) is 0 Å². The number of benzene rings is 2. The van der Waals surface area contributed by atoms with E-state index in [0.29, 0.717) is 11.1 Å². The molecule has 2 unspecified atom stereocenters. The fourth-order valence-electron chi connectivity index (χ4n) is 1.70. The fraction of sp³-hybridized carbons (Fsp3) is 0.111. The van der Waals surface area contributed by atoms with Gasteiger partial charge in [-0.1, -0.05) is 60.7 Å². The van der Waals surface area contributed by atoms with Gasteiger partial charge in [0.15, 0.2) is 0 Å². The van der Waals surface area contributed by atoms with Crippen LogP contribution in [0.4, 0.5) is 0 Å². The number of aliphatic hydroxyl groups is 2. The summed E-state index contributed by atoms with van der Waals surface area (Å²) >= 11 is 0. The van der Waals surface area contributed by atoms with Crippen molar-refractivity contribution < 1.29 is 121 Å². The summed E-state index contributed by atoms with van der Waals surface area (Å²) in [5, 5.41) is 35.7. The summed E-state index contributed by atoms with van der Waals surface area (Å²) in [7, 11) is 0. The van der Waals surface area contributed by atoms with Crippen LogP contribution in [-0.2, 0) is 9.59 Å². The van der Waals surface area contributed by atoms with E-state index in [4.69, 9.17) is 10.2 Å². The van der Waals surface area contributed by atoms with Gasteiger partial charge in [0.2, 0.25) is 11.6 Å². The van der Waals surface area contributed by atoms with Gasteiger partial charge in [-0.15, -0.1) is 0 Å². The predicted octanol–water partition coefficient (Wildman–Crippen LogP) is -8.03. The maximum Gasteiger partial charge on any atom is 1.00 e. The van der Waals surface area contributed by atoms with Crippen LogP contribution in [0.2, 0.25) is 0 Å². The molecule has 2 N–H and O–H groups in total. The Bertz CT molecular complexity index is 715. The van der Waals surface area contributed by atoms with E-state index in [1.54, 1.807) is 48.5 Å². The quantitative estimate of drug-likeness (QED) is 0.265. The maximum atomic E-state index is 11.8. The van der Waals surface area contributed by atoms with Crippen molar-refractivity contribution in [3.05, 3.63) is 71.8 Å². The largest absolute Gasteiger partial charge is 1.00 e. The summed E-state index contributed by atoms with van der Waals surface area (Å²) in [4.78, 5) is 42.9. The number of carbonyl (C=O) groups excluding carboxylic acids is 4. The monoisotopic (exact) mass is 420 g/mol. The number of aliphatic hydroxyl groups excluding tert-OH is 2. The van der Waals surface area contributed by atoms with E-state index < -0.39 is 35.7 Å². The first kappa shape index (κ1) is 29.5. The van der Waals surface area contributed by atoms with E-state index in [2.05, 4.69) is 0 Å². The molecule has 0 radical (unpaired) electrons. The minimum absolute atomic E-state index is 0. The standard InChI is InChI=1S/C14H10O2.C4H6O6.K.Na/c15-13(11-7-3-1-4-8-11)14(16)12-9-5-2-6-10-12;5-1(3(7)8)2(6)4(9)10;;/h1-10H;1-2,5-6H,(H,7,8)(H,9,10);;/q;;2*+1/p-2. The van der Waals surface area contributed by atoms with Crippen LogP contribution >= 0.6 is 0 Å². The van der Waals surface area contributed by atoms with Crippen LogP contribution in [0.5, 0.6) is 0 Å². The molecular weight excluding hydrogens is 406 g/mol. The van der Waals surface area contributed by atoms with Gasteiger partial charge < -0.3 is 30.0 Å². The SMILES string of the molecule is O=C(C(=O)c1ccccc1)c1ccccc1.O=C([O-])C(O)C(O)C(=O)[O-].[K+].[Na+]. The molecule has 0 aliphatic carbocycles. The Hall–Kier alpha value is -0.724. The number of hydrogen-bond donors (Lipinski definition) is 2. The smallest absolute Gasteiger partial charge is 0.547 e. The molecule has 0 amide bonds. The minimum Gasteiger partial charge on any atom is -0.547 e. The first-order chi connectivity index (χ1) is 12.3. The third kappa shape index (κ3) is 9.66. The van der Waals surface area contributed by atoms with Gasteiger partial charge in [0.25, 0.3) is 0 Å². The normalized spacial score (nSPS) is 11.2. The van der Waals surface area contributed by atoms with Crippen molar-refractivity contribution in [2.45, 2.75) is 12.2 Å². The molecule has 0 bridgehead atoms. The number of Topliss-reactive ketones (excluding diaryl/α,β-unsaturated/α-hetero) is 2. The molecule has 0 aromatic heterocycles. The van der Waals surface area contributed by atoms with Crippen LogP contribution < -0.4 is 91.2 Å². The van der Waals surface area contributed by atoms with Gasteiger partial charge in [-0.25, -0.2) is 0 Å². The van der Waals surface area contributed by atoms with Gasteiger partial charge in [0.1, 0.15) is 12.2 Å². The van der Waals surface area contributed by atoms with Crippen LogP contribution in [0.1, 0.15) is 20.7 Å². The van der Waals surface area contributed by atoms with E-state index in [-0.39, 0.29) is 80.9 Å². The summed E-state index contributed by atoms with van der Waals surface area (Å²) in [6, 6.07) is 17.2. The molecule has 136 valence electrons. The van der Waals surface area contributed by atoms with Crippen LogP contribution in [0.15, 0.2) is 60.7 Å². The molecule has 28 heavy (non-hydrogen) atoms. The van der Waals surface area contributed by atoms with E-state index in [1.807, 2.05) is 12.1 Å². The summed E-state index contributed by atoms with van der Waals surface area (Å²) in [5.74, 6) is -5.05. The second kappa shape index (κ2) is 15.2. The molecule has 2 aromatic rings. The number of carboxylic acids is 2. The van der Waals surface area contributed by atoms with Crippen molar-refractivity contribution in [2.24, 2.45) is 0 Å². The zero-order valence-electron chi connectivity index (χ0n) is 15.3. The Morgan fingerprint density at radius 1 is 0.643 bits per heavy atom. The van der Waals surface area contributed by atoms with Crippen molar-refractivity contribution in [1.29, 1.82) is 0 Å². The molecule has 2 rings (SSSR count). The molecular formula is C18H14KNaO8. The van der Waals surface area contributed by atoms with Gasteiger partial charge in [-0.05, 0) is 0 Å². The molecule has 2 atom stereocenters. The zero-order chi connectivity index (χ0) is 19.7. The van der Waals surface area contributed by atoms with Crippen molar-refractivity contribution in [3.8, 4) is 0 Å². The summed E-state index contributed by atoms with van der Waals surface area (Å²) in [6.07, 6.45) is -4.88. The van der Waals surface area contributed by atoms with E-state index in [0.717, 1.165) is 0 Å². The third-order valence-corrected chi connectivity index (χ3v) is 3.06. The van der Waals surface area contributed by atoms with E-state index in [1.165, 1.54) is 0 Å². The maximum absolute atomic E-state index is 11.8. The van der Waals surface area contributed by atoms with Gasteiger partial charge in [-0.3, -0.25) is 9.59 Å². The number of carboxylic acid groups (broad SMARTS) is 2. The van der Waals surface area contributed by atoms with Gasteiger partial charge in [0.05, 0.1) is 11.9 Å². The van der Waals surface area contributed by atoms with Crippen molar-refractivity contribution in [3.63, 3.8) is 0 Å². The molecule has 0 fully saturated rings. The Balaban J connectivity index is 0. The number of ketones is 2. The van der Waals surface area contributed by atoms with Crippen molar-refractivity contribution in [1.82, 2.24) is 0 Å². The second-order valence-corrected chi connectivity index (χ2v) is 4.92. The molecule has 8 nitrogen and oxygen atoms in total. The molecule has 0 spiro atoms. The van der Waals surface area contributed by atoms with Gasteiger partial charge in [-0.2, -0.15) is 0 Å².